The van der Waals surface area contributed by atoms with Crippen LogP contribution in [0, 0.1) is 0 Å². The Labute approximate surface area is 62.5 Å². The van der Waals surface area contributed by atoms with Crippen LogP contribution in [-0.4, -0.2) is 18.0 Å². The highest BCUT2D eigenvalue weighted by molar-refractivity contribution is 4.70. The van der Waals surface area contributed by atoms with Crippen LogP contribution in [0.1, 0.15) is 34.1 Å². The standard InChI is InChI=1S/C8H16O2/c1-6-5-7(2)10-8(3,4)9-6/h6-7H,5H2,1-4H3. The van der Waals surface area contributed by atoms with Gasteiger partial charge in [-0.1, -0.05) is 0 Å². The molecule has 2 atom stereocenters. The van der Waals surface area contributed by atoms with E-state index in [1.165, 1.54) is 0 Å². The lowest BCUT2D eigenvalue weighted by Gasteiger charge is -2.38. The monoisotopic (exact) mass is 144 g/mol. The zero-order valence-corrected chi connectivity index (χ0v) is 7.18. The molecule has 1 saturated heterocycles. The van der Waals surface area contributed by atoms with Gasteiger partial charge in [-0.05, 0) is 34.1 Å². The summed E-state index contributed by atoms with van der Waals surface area (Å²) >= 11 is 0. The largest absolute Gasteiger partial charge is 0.347 e. The summed E-state index contributed by atoms with van der Waals surface area (Å²) < 4.78 is 11.0. The number of hydrogen-bond acceptors (Lipinski definition) is 2. The molecule has 0 N–H and O–H groups in total. The summed E-state index contributed by atoms with van der Waals surface area (Å²) in [5.74, 6) is -0.378. The fourth-order valence-electron chi connectivity index (χ4n) is 1.56. The first-order valence-corrected chi connectivity index (χ1v) is 3.85. The van der Waals surface area contributed by atoms with E-state index in [0.29, 0.717) is 12.2 Å². The predicted molar refractivity (Wildman–Crippen MR) is 39.8 cm³/mol. The summed E-state index contributed by atoms with van der Waals surface area (Å²) in [6.45, 7) is 8.08. The van der Waals surface area contributed by atoms with Crippen LogP contribution in [0.15, 0.2) is 0 Å². The minimum atomic E-state index is -0.378. The molecule has 10 heavy (non-hydrogen) atoms. The molecule has 1 heterocycles. The summed E-state index contributed by atoms with van der Waals surface area (Å²) in [6.07, 6.45) is 1.67. The Morgan fingerprint density at radius 2 is 1.50 bits per heavy atom. The minimum Gasteiger partial charge on any atom is -0.347 e. The fraction of sp³-hybridized carbons (Fsp3) is 1.00. The molecule has 1 rings (SSSR count). The molecule has 0 aliphatic carbocycles. The molecular formula is C8H16O2. The Morgan fingerprint density at radius 3 is 1.80 bits per heavy atom. The van der Waals surface area contributed by atoms with E-state index in [1.54, 1.807) is 0 Å². The van der Waals surface area contributed by atoms with Crippen molar-refractivity contribution in [1.82, 2.24) is 0 Å². The molecule has 0 aromatic heterocycles. The Morgan fingerprint density at radius 1 is 1.10 bits per heavy atom. The van der Waals surface area contributed by atoms with Crippen LogP contribution < -0.4 is 0 Å². The summed E-state index contributed by atoms with van der Waals surface area (Å²) in [5, 5.41) is 0. The highest BCUT2D eigenvalue weighted by Crippen LogP contribution is 2.25. The third kappa shape index (κ3) is 1.96. The Kier molecular flexibility index (Phi) is 2.02. The third-order valence-corrected chi connectivity index (χ3v) is 1.63. The van der Waals surface area contributed by atoms with E-state index >= 15 is 0 Å². The molecule has 0 spiro atoms. The second kappa shape index (κ2) is 2.51. The van der Waals surface area contributed by atoms with Gasteiger partial charge in [0.1, 0.15) is 0 Å². The van der Waals surface area contributed by atoms with E-state index < -0.39 is 0 Å². The maximum atomic E-state index is 5.52. The predicted octanol–water partition coefficient (Wildman–Crippen LogP) is 1.94. The van der Waals surface area contributed by atoms with Crippen molar-refractivity contribution in [2.75, 3.05) is 0 Å². The third-order valence-electron chi connectivity index (χ3n) is 1.63. The average molecular weight is 144 g/mol. The van der Waals surface area contributed by atoms with E-state index in [4.69, 9.17) is 9.47 Å². The Bertz CT molecular complexity index is 108. The summed E-state index contributed by atoms with van der Waals surface area (Å²) in [7, 11) is 0. The van der Waals surface area contributed by atoms with E-state index in [-0.39, 0.29) is 5.79 Å². The molecule has 1 aliphatic heterocycles. The lowest BCUT2D eigenvalue weighted by molar-refractivity contribution is -0.292. The minimum absolute atomic E-state index is 0.332. The summed E-state index contributed by atoms with van der Waals surface area (Å²) in [5.41, 5.74) is 0. The first kappa shape index (κ1) is 8.02. The van der Waals surface area contributed by atoms with E-state index in [2.05, 4.69) is 13.8 Å². The van der Waals surface area contributed by atoms with Crippen LogP contribution in [0.4, 0.5) is 0 Å². The average Bonchev–Trinajstić information content (AvgIpc) is 1.54. The van der Waals surface area contributed by atoms with Gasteiger partial charge in [-0.25, -0.2) is 0 Å². The van der Waals surface area contributed by atoms with Crippen LogP contribution in [0.3, 0.4) is 0 Å². The molecule has 0 aromatic rings. The number of hydrogen-bond donors (Lipinski definition) is 0. The molecule has 0 radical (unpaired) electrons. The first-order chi connectivity index (χ1) is 4.49. The smallest absolute Gasteiger partial charge is 0.163 e. The van der Waals surface area contributed by atoms with Crippen molar-refractivity contribution in [1.29, 1.82) is 0 Å². The molecule has 2 nitrogen and oxygen atoms in total. The maximum absolute atomic E-state index is 5.52. The van der Waals surface area contributed by atoms with Gasteiger partial charge in [0.25, 0.3) is 0 Å². The fourth-order valence-corrected chi connectivity index (χ4v) is 1.56. The normalized spacial score (nSPS) is 39.6. The Balaban J connectivity index is 2.51. The van der Waals surface area contributed by atoms with Gasteiger partial charge in [0, 0.05) is 0 Å². The van der Waals surface area contributed by atoms with Gasteiger partial charge >= 0.3 is 0 Å². The SMILES string of the molecule is CC1CC(C)OC(C)(C)O1. The highest BCUT2D eigenvalue weighted by atomic mass is 16.7. The van der Waals surface area contributed by atoms with E-state index in [9.17, 15) is 0 Å². The molecule has 1 aliphatic rings. The molecule has 0 saturated carbocycles. The molecule has 2 heteroatoms. The van der Waals surface area contributed by atoms with Crippen LogP contribution in [-0.2, 0) is 9.47 Å². The van der Waals surface area contributed by atoms with Gasteiger partial charge in [0.2, 0.25) is 0 Å². The van der Waals surface area contributed by atoms with Gasteiger partial charge in [0.05, 0.1) is 12.2 Å². The zero-order chi connectivity index (χ0) is 7.78. The summed E-state index contributed by atoms with van der Waals surface area (Å²) in [6, 6.07) is 0. The number of ether oxygens (including phenoxy) is 2. The molecule has 0 amide bonds. The van der Waals surface area contributed by atoms with Gasteiger partial charge in [-0.2, -0.15) is 0 Å². The second-order valence-corrected chi connectivity index (χ2v) is 3.49. The van der Waals surface area contributed by atoms with Crippen molar-refractivity contribution in [3.05, 3.63) is 0 Å². The van der Waals surface area contributed by atoms with Crippen LogP contribution >= 0.6 is 0 Å². The van der Waals surface area contributed by atoms with E-state index in [1.807, 2.05) is 13.8 Å². The van der Waals surface area contributed by atoms with Gasteiger partial charge in [0.15, 0.2) is 5.79 Å². The number of rotatable bonds is 0. The van der Waals surface area contributed by atoms with E-state index in [0.717, 1.165) is 6.42 Å². The molecule has 1 fully saturated rings. The first-order valence-electron chi connectivity index (χ1n) is 3.85. The van der Waals surface area contributed by atoms with Crippen molar-refractivity contribution >= 4 is 0 Å². The van der Waals surface area contributed by atoms with Crippen molar-refractivity contribution in [2.24, 2.45) is 0 Å². The zero-order valence-electron chi connectivity index (χ0n) is 7.18. The van der Waals surface area contributed by atoms with Crippen LogP contribution in [0.2, 0.25) is 0 Å². The highest BCUT2D eigenvalue weighted by Gasteiger charge is 2.30. The van der Waals surface area contributed by atoms with Gasteiger partial charge in [-0.3, -0.25) is 0 Å². The van der Waals surface area contributed by atoms with Crippen molar-refractivity contribution in [3.63, 3.8) is 0 Å². The van der Waals surface area contributed by atoms with Crippen molar-refractivity contribution in [2.45, 2.75) is 52.1 Å². The molecule has 60 valence electrons. The lowest BCUT2D eigenvalue weighted by Crippen LogP contribution is -2.42. The van der Waals surface area contributed by atoms with Crippen LogP contribution in [0.5, 0.6) is 0 Å². The van der Waals surface area contributed by atoms with Gasteiger partial charge in [-0.15, -0.1) is 0 Å². The lowest BCUT2D eigenvalue weighted by atomic mass is 10.1. The molecular weight excluding hydrogens is 128 g/mol. The quantitative estimate of drug-likeness (QED) is 0.517. The summed E-state index contributed by atoms with van der Waals surface area (Å²) in [4.78, 5) is 0. The van der Waals surface area contributed by atoms with Crippen molar-refractivity contribution < 1.29 is 9.47 Å². The second-order valence-electron chi connectivity index (χ2n) is 3.49. The molecule has 0 aromatic carbocycles. The molecule has 0 bridgehead atoms. The topological polar surface area (TPSA) is 18.5 Å². The molecule has 2 unspecified atom stereocenters. The maximum Gasteiger partial charge on any atom is 0.163 e. The Hall–Kier alpha value is -0.0800. The van der Waals surface area contributed by atoms with Crippen molar-refractivity contribution in [3.8, 4) is 0 Å². The van der Waals surface area contributed by atoms with Crippen LogP contribution in [0.25, 0.3) is 0 Å². The van der Waals surface area contributed by atoms with Gasteiger partial charge < -0.3 is 9.47 Å².